The first-order valence-electron chi connectivity index (χ1n) is 7.96. The number of carbonyl (C=O) groups is 2. The van der Waals surface area contributed by atoms with E-state index in [0.717, 1.165) is 30.4 Å². The van der Waals surface area contributed by atoms with Crippen LogP contribution in [0, 0.1) is 0 Å². The summed E-state index contributed by atoms with van der Waals surface area (Å²) >= 11 is 3.39. The molecule has 6 heteroatoms. The molecule has 0 unspecified atom stereocenters. The van der Waals surface area contributed by atoms with Crippen molar-refractivity contribution in [3.8, 4) is 0 Å². The number of rotatable bonds is 3. The Hall–Kier alpha value is -2.21. The SMILES string of the molecule is O=C(Nc1ccccc1Br)c1cc(C(=O)N2CCCCC2)ccn1. The lowest BCUT2D eigenvalue weighted by Gasteiger charge is -2.26. The normalized spacial score (nSPS) is 14.3. The molecule has 1 aromatic carbocycles. The summed E-state index contributed by atoms with van der Waals surface area (Å²) in [7, 11) is 0. The first kappa shape index (κ1) is 16.6. The molecule has 1 fully saturated rings. The zero-order valence-corrected chi connectivity index (χ0v) is 14.8. The highest BCUT2D eigenvalue weighted by Crippen LogP contribution is 2.22. The maximum atomic E-state index is 12.5. The van der Waals surface area contributed by atoms with Crippen molar-refractivity contribution in [1.82, 2.24) is 9.88 Å². The summed E-state index contributed by atoms with van der Waals surface area (Å²) in [5.41, 5.74) is 1.40. The van der Waals surface area contributed by atoms with Gasteiger partial charge < -0.3 is 10.2 Å². The van der Waals surface area contributed by atoms with Crippen molar-refractivity contribution in [1.29, 1.82) is 0 Å². The van der Waals surface area contributed by atoms with Gasteiger partial charge in [-0.15, -0.1) is 0 Å². The number of amides is 2. The summed E-state index contributed by atoms with van der Waals surface area (Å²) in [6, 6.07) is 10.6. The van der Waals surface area contributed by atoms with Crippen molar-refractivity contribution < 1.29 is 9.59 Å². The average Bonchev–Trinajstić information content (AvgIpc) is 2.64. The number of hydrogen-bond donors (Lipinski definition) is 1. The molecule has 24 heavy (non-hydrogen) atoms. The highest BCUT2D eigenvalue weighted by molar-refractivity contribution is 9.10. The first-order valence-corrected chi connectivity index (χ1v) is 8.75. The molecule has 1 aromatic heterocycles. The fourth-order valence-corrected chi connectivity index (χ4v) is 3.10. The second kappa shape index (κ2) is 7.57. The zero-order chi connectivity index (χ0) is 16.9. The maximum Gasteiger partial charge on any atom is 0.274 e. The van der Waals surface area contributed by atoms with Crippen molar-refractivity contribution in [3.05, 3.63) is 58.3 Å². The van der Waals surface area contributed by atoms with Gasteiger partial charge in [0.1, 0.15) is 5.69 Å². The van der Waals surface area contributed by atoms with E-state index in [1.807, 2.05) is 23.1 Å². The lowest BCUT2D eigenvalue weighted by atomic mass is 10.1. The number of pyridine rings is 1. The Kier molecular flexibility index (Phi) is 5.25. The standard InChI is InChI=1S/C18H18BrN3O2/c19-14-6-2-3-7-15(14)21-17(23)16-12-13(8-9-20-16)18(24)22-10-4-1-5-11-22/h2-3,6-9,12H,1,4-5,10-11H2,(H,21,23). The van der Waals surface area contributed by atoms with E-state index in [1.165, 1.54) is 12.6 Å². The quantitative estimate of drug-likeness (QED) is 0.872. The van der Waals surface area contributed by atoms with Crippen LogP contribution >= 0.6 is 15.9 Å². The van der Waals surface area contributed by atoms with Crippen molar-refractivity contribution in [2.45, 2.75) is 19.3 Å². The zero-order valence-electron chi connectivity index (χ0n) is 13.2. The number of halogens is 1. The summed E-state index contributed by atoms with van der Waals surface area (Å²) in [4.78, 5) is 30.9. The van der Waals surface area contributed by atoms with Crippen molar-refractivity contribution >= 4 is 33.4 Å². The summed E-state index contributed by atoms with van der Waals surface area (Å²) in [6.45, 7) is 1.55. The summed E-state index contributed by atoms with van der Waals surface area (Å²) in [5.74, 6) is -0.373. The minimum absolute atomic E-state index is 0.0351. The monoisotopic (exact) mass is 387 g/mol. The van der Waals surface area contributed by atoms with Crippen LogP contribution in [0.5, 0.6) is 0 Å². The molecule has 2 amide bonds. The molecule has 1 aliphatic rings. The van der Waals surface area contributed by atoms with Crippen LogP contribution in [-0.4, -0.2) is 34.8 Å². The second-order valence-corrected chi connectivity index (χ2v) is 6.57. The minimum atomic E-state index is -0.338. The van der Waals surface area contributed by atoms with Gasteiger partial charge in [0.25, 0.3) is 11.8 Å². The van der Waals surface area contributed by atoms with E-state index in [9.17, 15) is 9.59 Å². The van der Waals surface area contributed by atoms with Crippen LogP contribution < -0.4 is 5.32 Å². The number of hydrogen-bond acceptors (Lipinski definition) is 3. The Morgan fingerprint density at radius 1 is 1.08 bits per heavy atom. The van der Waals surface area contributed by atoms with Gasteiger partial charge in [0.2, 0.25) is 0 Å². The van der Waals surface area contributed by atoms with Crippen LogP contribution in [0.4, 0.5) is 5.69 Å². The Balaban J connectivity index is 1.76. The van der Waals surface area contributed by atoms with E-state index in [2.05, 4.69) is 26.2 Å². The molecule has 2 heterocycles. The van der Waals surface area contributed by atoms with Crippen molar-refractivity contribution in [2.24, 2.45) is 0 Å². The smallest absolute Gasteiger partial charge is 0.274 e. The molecule has 0 bridgehead atoms. The van der Waals surface area contributed by atoms with Gasteiger partial charge in [-0.2, -0.15) is 0 Å². The number of likely N-dealkylation sites (tertiary alicyclic amines) is 1. The number of nitrogens with zero attached hydrogens (tertiary/aromatic N) is 2. The fraction of sp³-hybridized carbons (Fsp3) is 0.278. The van der Waals surface area contributed by atoms with Crippen LogP contribution in [0.1, 0.15) is 40.1 Å². The van der Waals surface area contributed by atoms with Crippen LogP contribution in [0.15, 0.2) is 47.1 Å². The van der Waals surface area contributed by atoms with E-state index >= 15 is 0 Å². The third kappa shape index (κ3) is 3.82. The number of aromatic nitrogens is 1. The molecular weight excluding hydrogens is 370 g/mol. The number of benzene rings is 1. The molecule has 1 aliphatic heterocycles. The van der Waals surface area contributed by atoms with E-state index in [1.54, 1.807) is 18.2 Å². The van der Waals surface area contributed by atoms with Gasteiger partial charge in [0.15, 0.2) is 0 Å². The molecule has 1 N–H and O–H groups in total. The van der Waals surface area contributed by atoms with Crippen LogP contribution in [0.3, 0.4) is 0 Å². The Morgan fingerprint density at radius 2 is 1.83 bits per heavy atom. The van der Waals surface area contributed by atoms with Gasteiger partial charge in [-0.3, -0.25) is 14.6 Å². The highest BCUT2D eigenvalue weighted by atomic mass is 79.9. The lowest BCUT2D eigenvalue weighted by molar-refractivity contribution is 0.0724. The first-order chi connectivity index (χ1) is 11.6. The molecule has 124 valence electrons. The third-order valence-corrected chi connectivity index (χ3v) is 4.70. The van der Waals surface area contributed by atoms with Gasteiger partial charge in [-0.25, -0.2) is 0 Å². The Bertz CT molecular complexity index is 757. The topological polar surface area (TPSA) is 62.3 Å². The molecule has 0 spiro atoms. The van der Waals surface area contributed by atoms with Gasteiger partial charge >= 0.3 is 0 Å². The molecule has 2 aromatic rings. The van der Waals surface area contributed by atoms with Gasteiger partial charge in [0, 0.05) is 29.3 Å². The molecule has 0 aliphatic carbocycles. The second-order valence-electron chi connectivity index (χ2n) is 5.72. The largest absolute Gasteiger partial charge is 0.339 e. The number of anilines is 1. The van der Waals surface area contributed by atoms with Gasteiger partial charge in [-0.05, 0) is 59.5 Å². The van der Waals surface area contributed by atoms with E-state index in [4.69, 9.17) is 0 Å². The van der Waals surface area contributed by atoms with Crippen LogP contribution in [-0.2, 0) is 0 Å². The van der Waals surface area contributed by atoms with Gasteiger partial charge in [0.05, 0.1) is 5.69 Å². The van der Waals surface area contributed by atoms with E-state index in [0.29, 0.717) is 11.3 Å². The van der Waals surface area contributed by atoms with E-state index < -0.39 is 0 Å². The molecule has 0 radical (unpaired) electrons. The van der Waals surface area contributed by atoms with Crippen molar-refractivity contribution in [3.63, 3.8) is 0 Å². The highest BCUT2D eigenvalue weighted by Gasteiger charge is 2.19. The van der Waals surface area contributed by atoms with E-state index in [-0.39, 0.29) is 17.5 Å². The average molecular weight is 388 g/mol. The molecule has 0 saturated carbocycles. The molecule has 1 saturated heterocycles. The number of nitrogens with one attached hydrogen (secondary N) is 1. The predicted molar refractivity (Wildman–Crippen MR) is 96.1 cm³/mol. The van der Waals surface area contributed by atoms with Crippen LogP contribution in [0.25, 0.3) is 0 Å². The third-order valence-electron chi connectivity index (χ3n) is 4.00. The number of para-hydroxylation sites is 1. The summed E-state index contributed by atoms with van der Waals surface area (Å²) in [5, 5.41) is 2.80. The Labute approximate surface area is 149 Å². The minimum Gasteiger partial charge on any atom is -0.339 e. The molecule has 5 nitrogen and oxygen atoms in total. The fourth-order valence-electron chi connectivity index (χ4n) is 2.72. The number of carbonyl (C=O) groups excluding carboxylic acids is 2. The maximum absolute atomic E-state index is 12.5. The molecule has 0 atom stereocenters. The van der Waals surface area contributed by atoms with Crippen LogP contribution in [0.2, 0.25) is 0 Å². The van der Waals surface area contributed by atoms with Crippen molar-refractivity contribution in [2.75, 3.05) is 18.4 Å². The molecule has 3 rings (SSSR count). The lowest BCUT2D eigenvalue weighted by Crippen LogP contribution is -2.35. The Morgan fingerprint density at radius 3 is 2.58 bits per heavy atom. The number of piperidine rings is 1. The molecular formula is C18H18BrN3O2. The predicted octanol–water partition coefficient (Wildman–Crippen LogP) is 3.72. The summed E-state index contributed by atoms with van der Waals surface area (Å²) in [6.07, 6.45) is 4.74. The van der Waals surface area contributed by atoms with Gasteiger partial charge in [-0.1, -0.05) is 12.1 Å². The summed E-state index contributed by atoms with van der Waals surface area (Å²) < 4.78 is 0.791.